The molecular formula is C11H16N2O2S. The molecule has 0 aromatic heterocycles. The Morgan fingerprint density at radius 3 is 2.50 bits per heavy atom. The molecule has 0 fully saturated rings. The number of sulfonamides is 1. The lowest BCUT2D eigenvalue weighted by molar-refractivity contribution is 0.485. The van der Waals surface area contributed by atoms with E-state index >= 15 is 0 Å². The number of likely N-dealkylation sites (N-methyl/N-ethyl adjacent to an activating group) is 1. The Morgan fingerprint density at radius 1 is 1.31 bits per heavy atom. The fraction of sp³-hybridized carbons (Fsp3) is 0.273. The summed E-state index contributed by atoms with van der Waals surface area (Å²) in [5, 5.41) is 1.19. The first-order valence-corrected chi connectivity index (χ1v) is 6.46. The fourth-order valence-corrected chi connectivity index (χ4v) is 2.04. The van der Waals surface area contributed by atoms with E-state index in [1.807, 2.05) is 30.3 Å². The summed E-state index contributed by atoms with van der Waals surface area (Å²) in [4.78, 5) is 0. The van der Waals surface area contributed by atoms with Crippen LogP contribution in [-0.2, 0) is 10.0 Å². The first-order chi connectivity index (χ1) is 7.56. The Balaban J connectivity index is 2.77. The van der Waals surface area contributed by atoms with Gasteiger partial charge in [-0.2, -0.15) is 0 Å². The summed E-state index contributed by atoms with van der Waals surface area (Å²) < 4.78 is 24.6. The third-order valence-corrected chi connectivity index (χ3v) is 3.64. The van der Waals surface area contributed by atoms with E-state index in [2.05, 4.69) is 0 Å². The van der Waals surface area contributed by atoms with Crippen LogP contribution in [0.15, 0.2) is 35.7 Å². The van der Waals surface area contributed by atoms with Crippen molar-refractivity contribution in [1.82, 2.24) is 4.31 Å². The second kappa shape index (κ2) is 5.79. The normalized spacial score (nSPS) is 12.4. The molecule has 0 aliphatic heterocycles. The lowest BCUT2D eigenvalue weighted by atomic mass is 10.2. The summed E-state index contributed by atoms with van der Waals surface area (Å²) in [7, 11) is -1.84. The number of hydrogen-bond acceptors (Lipinski definition) is 3. The lowest BCUT2D eigenvalue weighted by Gasteiger charge is -2.12. The average molecular weight is 240 g/mol. The molecule has 0 saturated carbocycles. The van der Waals surface area contributed by atoms with Crippen molar-refractivity contribution in [3.05, 3.63) is 41.3 Å². The van der Waals surface area contributed by atoms with Crippen molar-refractivity contribution < 1.29 is 8.42 Å². The number of nitrogens with two attached hydrogens (primary N) is 1. The number of nitrogens with zero attached hydrogens (tertiary/aromatic N) is 1. The molecule has 0 amide bonds. The van der Waals surface area contributed by atoms with Gasteiger partial charge in [0.15, 0.2) is 0 Å². The van der Waals surface area contributed by atoms with Gasteiger partial charge in [0.2, 0.25) is 10.0 Å². The van der Waals surface area contributed by atoms with Crippen molar-refractivity contribution in [2.24, 2.45) is 5.73 Å². The van der Waals surface area contributed by atoms with Crippen molar-refractivity contribution in [2.45, 2.75) is 0 Å². The lowest BCUT2D eigenvalue weighted by Crippen LogP contribution is -2.30. The third-order valence-electron chi connectivity index (χ3n) is 2.11. The Kier molecular flexibility index (Phi) is 4.67. The molecule has 0 aliphatic rings. The number of rotatable bonds is 5. The highest BCUT2D eigenvalue weighted by molar-refractivity contribution is 7.92. The standard InChI is InChI=1S/C11H16N2O2S/c1-13(9-8-12)16(14,15)10-7-11-5-3-2-4-6-11/h2-7,10H,8-9,12H2,1H3. The van der Waals surface area contributed by atoms with Crippen molar-refractivity contribution in [3.8, 4) is 0 Å². The van der Waals surface area contributed by atoms with Crippen molar-refractivity contribution in [2.75, 3.05) is 20.1 Å². The second-order valence-corrected chi connectivity index (χ2v) is 5.29. The van der Waals surface area contributed by atoms with Gasteiger partial charge in [-0.3, -0.25) is 0 Å². The van der Waals surface area contributed by atoms with Gasteiger partial charge in [0.05, 0.1) is 0 Å². The van der Waals surface area contributed by atoms with Gasteiger partial charge in [-0.15, -0.1) is 0 Å². The predicted molar refractivity (Wildman–Crippen MR) is 66.1 cm³/mol. The Labute approximate surface area is 96.4 Å². The van der Waals surface area contributed by atoms with Gasteiger partial charge >= 0.3 is 0 Å². The molecule has 1 aromatic carbocycles. The Hall–Kier alpha value is -1.17. The van der Waals surface area contributed by atoms with Gasteiger partial charge < -0.3 is 5.73 Å². The molecule has 0 heterocycles. The first-order valence-electron chi connectivity index (χ1n) is 4.96. The minimum atomic E-state index is -3.35. The van der Waals surface area contributed by atoms with Crippen LogP contribution < -0.4 is 5.73 Å². The fourth-order valence-electron chi connectivity index (χ4n) is 1.14. The zero-order valence-corrected chi connectivity index (χ0v) is 10.0. The van der Waals surface area contributed by atoms with Gasteiger partial charge in [0, 0.05) is 25.5 Å². The molecule has 2 N–H and O–H groups in total. The zero-order chi connectivity index (χ0) is 12.0. The highest BCUT2D eigenvalue weighted by atomic mass is 32.2. The minimum absolute atomic E-state index is 0.314. The van der Waals surface area contributed by atoms with Gasteiger partial charge in [0.25, 0.3) is 0 Å². The van der Waals surface area contributed by atoms with Crippen LogP contribution in [0.25, 0.3) is 6.08 Å². The average Bonchev–Trinajstić information content (AvgIpc) is 2.28. The number of benzene rings is 1. The van der Waals surface area contributed by atoms with Crippen LogP contribution in [0.5, 0.6) is 0 Å². The summed E-state index contributed by atoms with van der Waals surface area (Å²) in [6, 6.07) is 9.28. The van der Waals surface area contributed by atoms with Crippen molar-refractivity contribution >= 4 is 16.1 Å². The second-order valence-electron chi connectivity index (χ2n) is 3.37. The smallest absolute Gasteiger partial charge is 0.236 e. The molecule has 0 atom stereocenters. The Morgan fingerprint density at radius 2 is 1.94 bits per heavy atom. The van der Waals surface area contributed by atoms with Crippen molar-refractivity contribution in [3.63, 3.8) is 0 Å². The highest BCUT2D eigenvalue weighted by Crippen LogP contribution is 2.05. The van der Waals surface area contributed by atoms with E-state index in [1.165, 1.54) is 16.8 Å². The highest BCUT2D eigenvalue weighted by Gasteiger charge is 2.12. The minimum Gasteiger partial charge on any atom is -0.329 e. The van der Waals surface area contributed by atoms with E-state index in [4.69, 9.17) is 5.73 Å². The SMILES string of the molecule is CN(CCN)S(=O)(=O)C=Cc1ccccc1. The van der Waals surface area contributed by atoms with E-state index < -0.39 is 10.0 Å². The summed E-state index contributed by atoms with van der Waals surface area (Å²) in [5.41, 5.74) is 6.16. The van der Waals surface area contributed by atoms with Crippen LogP contribution in [0.2, 0.25) is 0 Å². The maximum Gasteiger partial charge on any atom is 0.236 e. The van der Waals surface area contributed by atoms with Crippen LogP contribution in [0, 0.1) is 0 Å². The van der Waals surface area contributed by atoms with Crippen LogP contribution in [0.4, 0.5) is 0 Å². The van der Waals surface area contributed by atoms with E-state index in [-0.39, 0.29) is 0 Å². The van der Waals surface area contributed by atoms with E-state index in [9.17, 15) is 8.42 Å². The van der Waals surface area contributed by atoms with Gasteiger partial charge in [0.1, 0.15) is 0 Å². The molecule has 0 unspecified atom stereocenters. The molecule has 5 heteroatoms. The molecule has 0 saturated heterocycles. The van der Waals surface area contributed by atoms with Gasteiger partial charge in [-0.1, -0.05) is 30.3 Å². The van der Waals surface area contributed by atoms with Gasteiger partial charge in [-0.05, 0) is 11.6 Å². The molecular weight excluding hydrogens is 224 g/mol. The molecule has 0 spiro atoms. The largest absolute Gasteiger partial charge is 0.329 e. The summed E-state index contributed by atoms with van der Waals surface area (Å²) in [6.07, 6.45) is 1.57. The quantitative estimate of drug-likeness (QED) is 0.831. The van der Waals surface area contributed by atoms with Crippen LogP contribution >= 0.6 is 0 Å². The molecule has 1 rings (SSSR count). The van der Waals surface area contributed by atoms with Crippen LogP contribution in [0.3, 0.4) is 0 Å². The molecule has 4 nitrogen and oxygen atoms in total. The maximum atomic E-state index is 11.7. The molecule has 0 bridgehead atoms. The number of hydrogen-bond donors (Lipinski definition) is 1. The topological polar surface area (TPSA) is 63.4 Å². The van der Waals surface area contributed by atoms with E-state index in [0.717, 1.165) is 5.56 Å². The monoisotopic (exact) mass is 240 g/mol. The summed E-state index contributed by atoms with van der Waals surface area (Å²) in [6.45, 7) is 0.635. The molecule has 0 aliphatic carbocycles. The third kappa shape index (κ3) is 3.77. The molecule has 88 valence electrons. The molecule has 1 aromatic rings. The van der Waals surface area contributed by atoms with Crippen molar-refractivity contribution in [1.29, 1.82) is 0 Å². The zero-order valence-electron chi connectivity index (χ0n) is 9.20. The van der Waals surface area contributed by atoms with Crippen LogP contribution in [-0.4, -0.2) is 32.9 Å². The summed E-state index contributed by atoms with van der Waals surface area (Å²) >= 11 is 0. The van der Waals surface area contributed by atoms with Gasteiger partial charge in [-0.25, -0.2) is 12.7 Å². The molecule has 0 radical (unpaired) electrons. The van der Waals surface area contributed by atoms with E-state index in [0.29, 0.717) is 13.1 Å². The predicted octanol–water partition coefficient (Wildman–Crippen LogP) is 0.878. The molecule has 16 heavy (non-hydrogen) atoms. The Bertz CT molecular complexity index is 440. The maximum absolute atomic E-state index is 11.7. The summed E-state index contributed by atoms with van der Waals surface area (Å²) in [5.74, 6) is 0. The van der Waals surface area contributed by atoms with E-state index in [1.54, 1.807) is 6.08 Å². The van der Waals surface area contributed by atoms with Crippen LogP contribution in [0.1, 0.15) is 5.56 Å². The first kappa shape index (κ1) is 12.9.